The van der Waals surface area contributed by atoms with Crippen LogP contribution < -0.4 is 4.90 Å². The van der Waals surface area contributed by atoms with Gasteiger partial charge in [0.05, 0.1) is 29.7 Å². The quantitative estimate of drug-likeness (QED) is 0.602. The maximum atomic E-state index is 13.0. The molecule has 28 heavy (non-hydrogen) atoms. The van der Waals surface area contributed by atoms with Crippen LogP contribution in [0.1, 0.15) is 22.5 Å². The van der Waals surface area contributed by atoms with Crippen molar-refractivity contribution in [1.82, 2.24) is 9.88 Å². The second-order valence-corrected chi connectivity index (χ2v) is 7.72. The summed E-state index contributed by atoms with van der Waals surface area (Å²) in [6.07, 6.45) is 2.41. The molecule has 150 valence electrons. The van der Waals surface area contributed by atoms with Gasteiger partial charge in [0.1, 0.15) is 0 Å². The van der Waals surface area contributed by atoms with E-state index >= 15 is 0 Å². The topological polar surface area (TPSA) is 58.8 Å². The van der Waals surface area contributed by atoms with Crippen molar-refractivity contribution in [2.24, 2.45) is 0 Å². The molecule has 0 aliphatic carbocycles. The molecule has 1 fully saturated rings. The number of anilines is 1. The van der Waals surface area contributed by atoms with Gasteiger partial charge in [-0.2, -0.15) is 0 Å². The first-order valence-electron chi connectivity index (χ1n) is 9.23. The predicted molar refractivity (Wildman–Crippen MR) is 114 cm³/mol. The van der Waals surface area contributed by atoms with Gasteiger partial charge in [-0.15, -0.1) is 12.4 Å². The minimum Gasteiger partial charge on any atom is -0.459 e. The summed E-state index contributed by atoms with van der Waals surface area (Å²) in [4.78, 5) is 21.8. The van der Waals surface area contributed by atoms with Crippen molar-refractivity contribution >= 4 is 45.0 Å². The Morgan fingerprint density at radius 3 is 2.86 bits per heavy atom. The third kappa shape index (κ3) is 4.72. The van der Waals surface area contributed by atoms with Crippen LogP contribution in [0.25, 0.3) is 10.2 Å². The molecule has 0 bridgehead atoms. The van der Waals surface area contributed by atoms with E-state index in [2.05, 4.69) is 17.9 Å². The smallest absolute Gasteiger partial charge is 0.295 e. The van der Waals surface area contributed by atoms with Crippen molar-refractivity contribution in [3.05, 3.63) is 47.9 Å². The molecule has 0 unspecified atom stereocenters. The largest absolute Gasteiger partial charge is 0.459 e. The highest BCUT2D eigenvalue weighted by Crippen LogP contribution is 2.30. The first kappa shape index (κ1) is 20.8. The van der Waals surface area contributed by atoms with E-state index in [1.165, 1.54) is 11.8 Å². The number of hydrogen-bond acceptors (Lipinski definition) is 6. The number of ether oxygens (including phenoxy) is 1. The first-order valence-corrected chi connectivity index (χ1v) is 10.0. The number of thiazole rings is 1. The second kappa shape index (κ2) is 9.52. The van der Waals surface area contributed by atoms with Crippen LogP contribution in [-0.4, -0.2) is 55.2 Å². The molecule has 1 amide bonds. The van der Waals surface area contributed by atoms with Crippen molar-refractivity contribution in [1.29, 1.82) is 0 Å². The summed E-state index contributed by atoms with van der Waals surface area (Å²) in [6.45, 7) is 7.08. The number of rotatable bonds is 6. The molecule has 1 saturated heterocycles. The van der Waals surface area contributed by atoms with E-state index in [1.54, 1.807) is 28.4 Å². The number of aromatic nitrogens is 1. The Labute approximate surface area is 174 Å². The minimum atomic E-state index is -0.141. The highest BCUT2D eigenvalue weighted by molar-refractivity contribution is 7.22. The monoisotopic (exact) mass is 421 g/mol. The molecule has 0 saturated carbocycles. The van der Waals surface area contributed by atoms with Gasteiger partial charge in [-0.3, -0.25) is 14.6 Å². The standard InChI is InChI=1S/C20H23N3O3S.ClH/c1-15-5-6-16-18(14-15)27-20(21-16)23(19(24)17-4-2-11-26-17)8-3-7-22-9-12-25-13-10-22;/h2,4-6,11,14H,3,7-10,12-13H2,1H3;1H. The van der Waals surface area contributed by atoms with Crippen LogP contribution in [0.4, 0.5) is 5.13 Å². The zero-order valence-electron chi connectivity index (χ0n) is 15.8. The molecule has 8 heteroatoms. The third-order valence-corrected chi connectivity index (χ3v) is 5.74. The van der Waals surface area contributed by atoms with Gasteiger partial charge in [-0.05, 0) is 43.2 Å². The molecule has 0 N–H and O–H groups in total. The fourth-order valence-electron chi connectivity index (χ4n) is 3.23. The molecular formula is C20H24ClN3O3S. The highest BCUT2D eigenvalue weighted by Gasteiger charge is 2.23. The van der Waals surface area contributed by atoms with Crippen LogP contribution >= 0.6 is 23.7 Å². The van der Waals surface area contributed by atoms with Crippen LogP contribution in [0.3, 0.4) is 0 Å². The molecule has 6 nitrogen and oxygen atoms in total. The van der Waals surface area contributed by atoms with Crippen molar-refractivity contribution in [3.8, 4) is 0 Å². The average molecular weight is 422 g/mol. The van der Waals surface area contributed by atoms with E-state index in [4.69, 9.17) is 14.1 Å². The van der Waals surface area contributed by atoms with E-state index in [9.17, 15) is 4.79 Å². The predicted octanol–water partition coefficient (Wildman–Crippen LogP) is 3.99. The lowest BCUT2D eigenvalue weighted by molar-refractivity contribution is 0.0376. The Kier molecular flexibility index (Phi) is 7.07. The average Bonchev–Trinajstić information content (AvgIpc) is 3.35. The van der Waals surface area contributed by atoms with Gasteiger partial charge < -0.3 is 9.15 Å². The second-order valence-electron chi connectivity index (χ2n) is 6.71. The molecule has 1 aromatic carbocycles. The molecule has 3 aromatic rings. The van der Waals surface area contributed by atoms with Gasteiger partial charge >= 0.3 is 0 Å². The number of nitrogens with zero attached hydrogens (tertiary/aromatic N) is 3. The van der Waals surface area contributed by atoms with E-state index < -0.39 is 0 Å². The van der Waals surface area contributed by atoms with Crippen LogP contribution in [0, 0.1) is 6.92 Å². The summed E-state index contributed by atoms with van der Waals surface area (Å²) < 4.78 is 11.8. The molecule has 4 rings (SSSR count). The molecular weight excluding hydrogens is 398 g/mol. The van der Waals surface area contributed by atoms with E-state index in [1.807, 2.05) is 12.1 Å². The normalized spacial score (nSPS) is 14.8. The van der Waals surface area contributed by atoms with Crippen LogP contribution in [0.5, 0.6) is 0 Å². The van der Waals surface area contributed by atoms with Gasteiger partial charge in [0.15, 0.2) is 10.9 Å². The summed E-state index contributed by atoms with van der Waals surface area (Å²) >= 11 is 1.55. The van der Waals surface area contributed by atoms with E-state index in [0.29, 0.717) is 12.3 Å². The summed E-state index contributed by atoms with van der Waals surface area (Å²) in [6, 6.07) is 9.60. The van der Waals surface area contributed by atoms with E-state index in [-0.39, 0.29) is 18.3 Å². The fraction of sp³-hybridized carbons (Fsp3) is 0.400. The molecule has 0 atom stereocenters. The van der Waals surface area contributed by atoms with Crippen LogP contribution in [0.2, 0.25) is 0 Å². The number of hydrogen-bond donors (Lipinski definition) is 0. The Bertz CT molecular complexity index is 907. The van der Waals surface area contributed by atoms with Gasteiger partial charge in [0.2, 0.25) is 0 Å². The molecule has 0 radical (unpaired) electrons. The number of benzene rings is 1. The summed E-state index contributed by atoms with van der Waals surface area (Å²) in [5, 5.41) is 0.721. The fourth-order valence-corrected chi connectivity index (χ4v) is 4.32. The number of carbonyl (C=O) groups excluding carboxylic acids is 1. The van der Waals surface area contributed by atoms with Crippen molar-refractivity contribution in [2.75, 3.05) is 44.3 Å². The Morgan fingerprint density at radius 1 is 1.29 bits per heavy atom. The lowest BCUT2D eigenvalue weighted by atomic mass is 10.2. The number of morpholine rings is 1. The number of carbonyl (C=O) groups is 1. The molecule has 2 aromatic heterocycles. The zero-order valence-corrected chi connectivity index (χ0v) is 17.4. The summed E-state index contributed by atoms with van der Waals surface area (Å²) in [5.74, 6) is 0.203. The van der Waals surface area contributed by atoms with E-state index in [0.717, 1.165) is 54.6 Å². The Morgan fingerprint density at radius 2 is 2.11 bits per heavy atom. The Balaban J connectivity index is 0.00000225. The Hall–Kier alpha value is -1.93. The third-order valence-electron chi connectivity index (χ3n) is 4.70. The SMILES string of the molecule is Cc1ccc2nc(N(CCCN3CCOCC3)C(=O)c3ccco3)sc2c1.Cl. The maximum absolute atomic E-state index is 13.0. The number of fused-ring (bicyclic) bond motifs is 1. The van der Waals surface area contributed by atoms with Gasteiger partial charge in [-0.1, -0.05) is 17.4 Å². The van der Waals surface area contributed by atoms with Crippen molar-refractivity contribution in [2.45, 2.75) is 13.3 Å². The molecule has 1 aliphatic heterocycles. The first-order chi connectivity index (χ1) is 13.2. The number of aryl methyl sites for hydroxylation is 1. The van der Waals surface area contributed by atoms with Crippen molar-refractivity contribution < 1.29 is 13.9 Å². The highest BCUT2D eigenvalue weighted by atomic mass is 35.5. The van der Waals surface area contributed by atoms with Gasteiger partial charge in [0, 0.05) is 26.2 Å². The number of furan rings is 1. The number of amides is 1. The maximum Gasteiger partial charge on any atom is 0.295 e. The van der Waals surface area contributed by atoms with Gasteiger partial charge in [-0.25, -0.2) is 4.98 Å². The lowest BCUT2D eigenvalue weighted by Gasteiger charge is -2.27. The molecule has 1 aliphatic rings. The zero-order chi connectivity index (χ0) is 18.6. The lowest BCUT2D eigenvalue weighted by Crippen LogP contribution is -2.39. The summed E-state index contributed by atoms with van der Waals surface area (Å²) in [5.41, 5.74) is 2.11. The minimum absolute atomic E-state index is 0. The molecule has 3 heterocycles. The van der Waals surface area contributed by atoms with Crippen molar-refractivity contribution in [3.63, 3.8) is 0 Å². The summed E-state index contributed by atoms with van der Waals surface area (Å²) in [7, 11) is 0. The number of halogens is 1. The van der Waals surface area contributed by atoms with Gasteiger partial charge in [0.25, 0.3) is 5.91 Å². The molecule has 0 spiro atoms. The van der Waals surface area contributed by atoms with Crippen LogP contribution in [-0.2, 0) is 4.74 Å². The van der Waals surface area contributed by atoms with Crippen LogP contribution in [0.15, 0.2) is 41.0 Å².